The van der Waals surface area contributed by atoms with Crippen LogP contribution in [0.15, 0.2) is 17.0 Å². The minimum absolute atomic E-state index is 0.155. The van der Waals surface area contributed by atoms with Gasteiger partial charge in [0.05, 0.1) is 19.1 Å². The lowest BCUT2D eigenvalue weighted by molar-refractivity contribution is 0.347. The number of nitrogens with two attached hydrogens (primary N) is 1. The van der Waals surface area contributed by atoms with Crippen LogP contribution < -0.4 is 15.2 Å². The molecule has 22 heavy (non-hydrogen) atoms. The van der Waals surface area contributed by atoms with Crippen molar-refractivity contribution in [2.75, 3.05) is 33.9 Å². The van der Waals surface area contributed by atoms with Crippen molar-refractivity contribution in [3.63, 3.8) is 0 Å². The molecule has 7 heteroatoms. The summed E-state index contributed by atoms with van der Waals surface area (Å²) in [5.74, 6) is 0.930. The van der Waals surface area contributed by atoms with Gasteiger partial charge in [-0.3, -0.25) is 0 Å². The van der Waals surface area contributed by atoms with Crippen molar-refractivity contribution in [3.05, 3.63) is 17.7 Å². The molecule has 6 nitrogen and oxygen atoms in total. The van der Waals surface area contributed by atoms with E-state index in [9.17, 15) is 8.42 Å². The van der Waals surface area contributed by atoms with E-state index < -0.39 is 10.0 Å². The van der Waals surface area contributed by atoms with Gasteiger partial charge in [0.2, 0.25) is 10.0 Å². The zero-order valence-corrected chi connectivity index (χ0v) is 14.4. The van der Waals surface area contributed by atoms with Crippen LogP contribution >= 0.6 is 0 Å². The largest absolute Gasteiger partial charge is 0.493 e. The monoisotopic (exact) mass is 328 g/mol. The molecule has 2 rings (SSSR count). The lowest BCUT2D eigenvalue weighted by Crippen LogP contribution is -2.34. The summed E-state index contributed by atoms with van der Waals surface area (Å²) in [5, 5.41) is 0. The molecule has 1 atom stereocenters. The van der Waals surface area contributed by atoms with Crippen LogP contribution in [0.2, 0.25) is 0 Å². The summed E-state index contributed by atoms with van der Waals surface area (Å²) in [7, 11) is -0.548. The molecule has 0 spiro atoms. The number of benzene rings is 1. The summed E-state index contributed by atoms with van der Waals surface area (Å²) in [6.45, 7) is 5.18. The highest BCUT2D eigenvalue weighted by Gasteiger charge is 2.39. The van der Waals surface area contributed by atoms with E-state index in [0.717, 1.165) is 6.42 Å². The van der Waals surface area contributed by atoms with Gasteiger partial charge in [0.25, 0.3) is 0 Å². The molecule has 0 amide bonds. The van der Waals surface area contributed by atoms with Crippen LogP contribution in [0.25, 0.3) is 0 Å². The van der Waals surface area contributed by atoms with E-state index in [1.807, 2.05) is 6.92 Å². The van der Waals surface area contributed by atoms with E-state index in [1.165, 1.54) is 24.6 Å². The average Bonchev–Trinajstić information content (AvgIpc) is 2.90. The zero-order chi connectivity index (χ0) is 16.5. The smallest absolute Gasteiger partial charge is 0.243 e. The van der Waals surface area contributed by atoms with Crippen LogP contribution in [0.4, 0.5) is 0 Å². The highest BCUT2D eigenvalue weighted by atomic mass is 32.2. The van der Waals surface area contributed by atoms with Gasteiger partial charge in [-0.15, -0.1) is 0 Å². The van der Waals surface area contributed by atoms with Crippen LogP contribution in [-0.4, -0.2) is 46.6 Å². The fourth-order valence-corrected chi connectivity index (χ4v) is 4.54. The molecule has 1 fully saturated rings. The molecule has 1 aromatic rings. The van der Waals surface area contributed by atoms with Crippen LogP contribution in [0, 0.1) is 12.3 Å². The molecular formula is C15H24N2O4S. The minimum atomic E-state index is -3.57. The highest BCUT2D eigenvalue weighted by molar-refractivity contribution is 7.89. The molecule has 1 aliphatic rings. The molecule has 124 valence electrons. The Balaban J connectivity index is 2.42. The second-order valence-corrected chi connectivity index (χ2v) is 7.98. The van der Waals surface area contributed by atoms with Gasteiger partial charge in [0, 0.05) is 19.2 Å². The third-order valence-corrected chi connectivity index (χ3v) is 6.30. The predicted molar refractivity (Wildman–Crippen MR) is 84.8 cm³/mol. The minimum Gasteiger partial charge on any atom is -0.493 e. The number of sulfonamides is 1. The van der Waals surface area contributed by atoms with Crippen molar-refractivity contribution in [1.82, 2.24) is 4.31 Å². The molecule has 0 aromatic heterocycles. The molecular weight excluding hydrogens is 304 g/mol. The molecule has 0 aliphatic carbocycles. The van der Waals surface area contributed by atoms with Crippen molar-refractivity contribution >= 4 is 10.0 Å². The van der Waals surface area contributed by atoms with Gasteiger partial charge in [-0.2, -0.15) is 4.31 Å². The first-order valence-corrected chi connectivity index (χ1v) is 8.64. The molecule has 1 aliphatic heterocycles. The van der Waals surface area contributed by atoms with Crippen molar-refractivity contribution in [3.8, 4) is 11.5 Å². The number of methoxy groups -OCH3 is 2. The Kier molecular flexibility index (Phi) is 4.70. The maximum Gasteiger partial charge on any atom is 0.243 e. The second-order valence-electron chi connectivity index (χ2n) is 6.08. The van der Waals surface area contributed by atoms with E-state index in [4.69, 9.17) is 15.2 Å². The number of rotatable bonds is 5. The van der Waals surface area contributed by atoms with E-state index >= 15 is 0 Å². The lowest BCUT2D eigenvalue weighted by atomic mass is 9.90. The highest BCUT2D eigenvalue weighted by Crippen LogP contribution is 2.37. The SMILES string of the molecule is COc1cc(C)c(S(=O)(=O)N2CCC(C)(CN)C2)cc1OC. The fourth-order valence-electron chi connectivity index (χ4n) is 2.73. The summed E-state index contributed by atoms with van der Waals surface area (Å²) < 4.78 is 37.8. The Morgan fingerprint density at radius 2 is 1.86 bits per heavy atom. The maximum absolute atomic E-state index is 12.9. The van der Waals surface area contributed by atoms with Gasteiger partial charge in [0.1, 0.15) is 0 Å². The van der Waals surface area contributed by atoms with E-state index in [0.29, 0.717) is 36.7 Å². The summed E-state index contributed by atoms with van der Waals surface area (Å²) in [5.41, 5.74) is 6.25. The first kappa shape index (κ1) is 17.1. The zero-order valence-electron chi connectivity index (χ0n) is 13.5. The van der Waals surface area contributed by atoms with E-state index in [-0.39, 0.29) is 10.3 Å². The van der Waals surface area contributed by atoms with Gasteiger partial charge in [-0.25, -0.2) is 8.42 Å². The first-order valence-electron chi connectivity index (χ1n) is 7.20. The quantitative estimate of drug-likeness (QED) is 0.883. The third-order valence-electron chi connectivity index (χ3n) is 4.31. The number of nitrogens with zero attached hydrogens (tertiary/aromatic N) is 1. The summed E-state index contributed by atoms with van der Waals surface area (Å²) in [4.78, 5) is 0.256. The summed E-state index contributed by atoms with van der Waals surface area (Å²) in [6.07, 6.45) is 0.773. The number of aryl methyl sites for hydroxylation is 1. The predicted octanol–water partition coefficient (Wildman–Crippen LogP) is 1.37. The van der Waals surface area contributed by atoms with E-state index in [1.54, 1.807) is 13.0 Å². The first-order chi connectivity index (χ1) is 10.3. The Hall–Kier alpha value is -1.31. The number of hydrogen-bond acceptors (Lipinski definition) is 5. The maximum atomic E-state index is 12.9. The lowest BCUT2D eigenvalue weighted by Gasteiger charge is -2.23. The Morgan fingerprint density at radius 3 is 2.36 bits per heavy atom. The van der Waals surface area contributed by atoms with E-state index in [2.05, 4.69) is 0 Å². The normalized spacial score (nSPS) is 22.8. The molecule has 2 N–H and O–H groups in total. The van der Waals surface area contributed by atoms with Crippen LogP contribution in [0.3, 0.4) is 0 Å². The Morgan fingerprint density at radius 1 is 1.27 bits per heavy atom. The van der Waals surface area contributed by atoms with Crippen molar-refractivity contribution in [2.45, 2.75) is 25.2 Å². The number of ether oxygens (including phenoxy) is 2. The average molecular weight is 328 g/mol. The van der Waals surface area contributed by atoms with Gasteiger partial charge >= 0.3 is 0 Å². The Bertz CT molecular complexity index is 660. The van der Waals surface area contributed by atoms with Crippen LogP contribution in [0.1, 0.15) is 18.9 Å². The van der Waals surface area contributed by atoms with Crippen molar-refractivity contribution in [2.24, 2.45) is 11.1 Å². The van der Waals surface area contributed by atoms with Crippen molar-refractivity contribution in [1.29, 1.82) is 0 Å². The molecule has 1 unspecified atom stereocenters. The standard InChI is InChI=1S/C15H24N2O4S/c1-11-7-12(20-3)13(21-4)8-14(11)22(18,19)17-6-5-15(2,9-16)10-17/h7-8H,5-6,9-10,16H2,1-4H3. The Labute approximate surface area is 132 Å². The second kappa shape index (κ2) is 6.06. The topological polar surface area (TPSA) is 81.9 Å². The number of hydrogen-bond donors (Lipinski definition) is 1. The summed E-state index contributed by atoms with van der Waals surface area (Å²) in [6, 6.07) is 3.21. The van der Waals surface area contributed by atoms with Gasteiger partial charge in [0.15, 0.2) is 11.5 Å². The summed E-state index contributed by atoms with van der Waals surface area (Å²) >= 11 is 0. The third kappa shape index (κ3) is 2.93. The molecule has 0 bridgehead atoms. The molecule has 1 heterocycles. The molecule has 0 radical (unpaired) electrons. The van der Waals surface area contributed by atoms with Crippen LogP contribution in [-0.2, 0) is 10.0 Å². The molecule has 0 saturated carbocycles. The van der Waals surface area contributed by atoms with Crippen LogP contribution in [0.5, 0.6) is 11.5 Å². The van der Waals surface area contributed by atoms with Gasteiger partial charge in [-0.1, -0.05) is 6.92 Å². The molecule has 1 aromatic carbocycles. The van der Waals surface area contributed by atoms with Gasteiger partial charge in [-0.05, 0) is 36.9 Å². The van der Waals surface area contributed by atoms with Crippen molar-refractivity contribution < 1.29 is 17.9 Å². The fraction of sp³-hybridized carbons (Fsp3) is 0.600. The van der Waals surface area contributed by atoms with Gasteiger partial charge < -0.3 is 15.2 Å². The molecule has 1 saturated heterocycles.